The van der Waals surface area contributed by atoms with Crippen LogP contribution in [-0.4, -0.2) is 12.0 Å². The first-order valence-electron chi connectivity index (χ1n) is 5.42. The number of hydrogen-bond acceptors (Lipinski definition) is 3. The predicted octanol–water partition coefficient (Wildman–Crippen LogP) is 3.39. The molecule has 0 saturated carbocycles. The molecule has 1 aromatic heterocycles. The van der Waals surface area contributed by atoms with Crippen molar-refractivity contribution >= 4 is 11.6 Å². The van der Waals surface area contributed by atoms with Crippen LogP contribution in [0.3, 0.4) is 0 Å². The van der Waals surface area contributed by atoms with Gasteiger partial charge in [0.15, 0.2) is 11.6 Å². The Bertz CT molecular complexity index is 548. The zero-order chi connectivity index (χ0) is 13.0. The summed E-state index contributed by atoms with van der Waals surface area (Å²) < 4.78 is 19.0. The molecule has 1 aromatic carbocycles. The molecule has 18 heavy (non-hydrogen) atoms. The normalized spacial score (nSPS) is 10.4. The minimum atomic E-state index is -0.583. The van der Waals surface area contributed by atoms with Gasteiger partial charge in [-0.2, -0.15) is 0 Å². The Morgan fingerprint density at radius 3 is 3.00 bits per heavy atom. The van der Waals surface area contributed by atoms with E-state index in [9.17, 15) is 4.39 Å². The van der Waals surface area contributed by atoms with Gasteiger partial charge in [-0.05, 0) is 30.8 Å². The van der Waals surface area contributed by atoms with Gasteiger partial charge in [-0.3, -0.25) is 0 Å². The molecule has 0 atom stereocenters. The van der Waals surface area contributed by atoms with Crippen molar-refractivity contribution in [2.75, 3.05) is 7.05 Å². The lowest BCUT2D eigenvalue weighted by Crippen LogP contribution is -2.05. The summed E-state index contributed by atoms with van der Waals surface area (Å²) in [5, 5.41) is 3.04. The van der Waals surface area contributed by atoms with E-state index in [1.165, 1.54) is 12.1 Å². The van der Waals surface area contributed by atoms with Crippen molar-refractivity contribution in [2.45, 2.75) is 6.54 Å². The van der Waals surface area contributed by atoms with Gasteiger partial charge >= 0.3 is 0 Å². The molecule has 0 bridgehead atoms. The van der Waals surface area contributed by atoms with Crippen LogP contribution >= 0.6 is 11.6 Å². The van der Waals surface area contributed by atoms with Crippen LogP contribution < -0.4 is 10.1 Å². The highest BCUT2D eigenvalue weighted by atomic mass is 35.5. The summed E-state index contributed by atoms with van der Waals surface area (Å²) in [5.74, 6) is -0.180. The Morgan fingerprint density at radius 1 is 1.39 bits per heavy atom. The molecule has 5 heteroatoms. The Labute approximate surface area is 110 Å². The quantitative estimate of drug-likeness (QED) is 0.921. The summed E-state index contributed by atoms with van der Waals surface area (Å²) in [6, 6.07) is 8.20. The summed E-state index contributed by atoms with van der Waals surface area (Å²) in [7, 11) is 1.84. The molecule has 0 fully saturated rings. The van der Waals surface area contributed by atoms with Gasteiger partial charge in [0.1, 0.15) is 0 Å². The molecule has 2 rings (SSSR count). The largest absolute Gasteiger partial charge is 0.436 e. The van der Waals surface area contributed by atoms with E-state index < -0.39 is 5.82 Å². The van der Waals surface area contributed by atoms with Crippen LogP contribution in [0.15, 0.2) is 36.5 Å². The number of halogens is 2. The van der Waals surface area contributed by atoms with Gasteiger partial charge in [0.25, 0.3) is 0 Å². The number of hydrogen-bond donors (Lipinski definition) is 1. The first kappa shape index (κ1) is 12.8. The number of pyridine rings is 1. The fourth-order valence-corrected chi connectivity index (χ4v) is 1.66. The molecule has 0 aliphatic carbocycles. The van der Waals surface area contributed by atoms with Crippen molar-refractivity contribution in [1.82, 2.24) is 10.3 Å². The Hall–Kier alpha value is -1.65. The number of ether oxygens (including phenoxy) is 1. The third kappa shape index (κ3) is 2.97. The maximum atomic E-state index is 13.6. The van der Waals surface area contributed by atoms with E-state index >= 15 is 0 Å². The van der Waals surface area contributed by atoms with Crippen molar-refractivity contribution in [2.24, 2.45) is 0 Å². The fraction of sp³-hybridized carbons (Fsp3) is 0.154. The summed E-state index contributed by atoms with van der Waals surface area (Å²) in [5.41, 5.74) is 1.00. The molecule has 0 aliphatic heterocycles. The molecule has 94 valence electrons. The molecule has 0 spiro atoms. The van der Waals surface area contributed by atoms with E-state index in [4.69, 9.17) is 16.3 Å². The first-order valence-corrected chi connectivity index (χ1v) is 5.80. The topological polar surface area (TPSA) is 34.2 Å². The second-order valence-corrected chi connectivity index (χ2v) is 4.09. The SMILES string of the molecule is CNCc1ccnc(Oc2cccc(Cl)c2F)c1. The summed E-state index contributed by atoms with van der Waals surface area (Å²) in [6.45, 7) is 0.691. The van der Waals surface area contributed by atoms with Gasteiger partial charge in [-0.15, -0.1) is 0 Å². The van der Waals surface area contributed by atoms with E-state index in [2.05, 4.69) is 10.3 Å². The monoisotopic (exact) mass is 266 g/mol. The lowest BCUT2D eigenvalue weighted by molar-refractivity contribution is 0.427. The third-order valence-corrected chi connectivity index (χ3v) is 2.60. The number of nitrogens with zero attached hydrogens (tertiary/aromatic N) is 1. The van der Waals surface area contributed by atoms with Gasteiger partial charge in [-0.25, -0.2) is 9.37 Å². The van der Waals surface area contributed by atoms with Gasteiger partial charge < -0.3 is 10.1 Å². The molecule has 0 saturated heterocycles. The molecule has 0 radical (unpaired) electrons. The number of benzene rings is 1. The number of rotatable bonds is 4. The van der Waals surface area contributed by atoms with Crippen LogP contribution in [0.5, 0.6) is 11.6 Å². The molecule has 1 heterocycles. The van der Waals surface area contributed by atoms with Crippen LogP contribution in [0.4, 0.5) is 4.39 Å². The van der Waals surface area contributed by atoms with E-state index in [-0.39, 0.29) is 10.8 Å². The number of nitrogens with one attached hydrogen (secondary N) is 1. The van der Waals surface area contributed by atoms with Crippen LogP contribution in [0, 0.1) is 5.82 Å². The molecular weight excluding hydrogens is 255 g/mol. The lowest BCUT2D eigenvalue weighted by Gasteiger charge is -2.07. The molecule has 1 N–H and O–H groups in total. The maximum Gasteiger partial charge on any atom is 0.219 e. The fourth-order valence-electron chi connectivity index (χ4n) is 1.50. The standard InChI is InChI=1S/C13H12ClFN2O/c1-16-8-9-5-6-17-12(7-9)18-11-4-2-3-10(14)13(11)15/h2-7,16H,8H2,1H3. The summed E-state index contributed by atoms with van der Waals surface area (Å²) in [6.07, 6.45) is 1.62. The van der Waals surface area contributed by atoms with Crippen molar-refractivity contribution in [3.63, 3.8) is 0 Å². The zero-order valence-electron chi connectivity index (χ0n) is 9.78. The minimum Gasteiger partial charge on any atom is -0.436 e. The molecule has 3 nitrogen and oxygen atoms in total. The van der Waals surface area contributed by atoms with Crippen molar-refractivity contribution in [3.05, 3.63) is 52.9 Å². The van der Waals surface area contributed by atoms with E-state index in [1.807, 2.05) is 13.1 Å². The van der Waals surface area contributed by atoms with Crippen LogP contribution in [0.2, 0.25) is 5.02 Å². The van der Waals surface area contributed by atoms with E-state index in [0.29, 0.717) is 12.4 Å². The van der Waals surface area contributed by atoms with Gasteiger partial charge in [0, 0.05) is 18.8 Å². The van der Waals surface area contributed by atoms with E-state index in [0.717, 1.165) is 5.56 Å². The van der Waals surface area contributed by atoms with E-state index in [1.54, 1.807) is 18.3 Å². The molecule has 0 aliphatic rings. The minimum absolute atomic E-state index is 0.0267. The zero-order valence-corrected chi connectivity index (χ0v) is 10.5. The molecule has 0 unspecified atom stereocenters. The van der Waals surface area contributed by atoms with Crippen molar-refractivity contribution in [3.8, 4) is 11.6 Å². The van der Waals surface area contributed by atoms with Gasteiger partial charge in [-0.1, -0.05) is 17.7 Å². The van der Waals surface area contributed by atoms with Crippen LogP contribution in [0.1, 0.15) is 5.56 Å². The Kier molecular flexibility index (Phi) is 4.12. The van der Waals surface area contributed by atoms with Crippen molar-refractivity contribution < 1.29 is 9.13 Å². The highest BCUT2D eigenvalue weighted by molar-refractivity contribution is 6.30. The predicted molar refractivity (Wildman–Crippen MR) is 68.5 cm³/mol. The Morgan fingerprint density at radius 2 is 2.22 bits per heavy atom. The second kappa shape index (κ2) is 5.80. The molecular formula is C13H12ClFN2O. The first-order chi connectivity index (χ1) is 8.70. The molecule has 2 aromatic rings. The van der Waals surface area contributed by atoms with Crippen LogP contribution in [-0.2, 0) is 6.54 Å². The Balaban J connectivity index is 2.23. The van der Waals surface area contributed by atoms with Gasteiger partial charge in [0.05, 0.1) is 5.02 Å². The highest BCUT2D eigenvalue weighted by Crippen LogP contribution is 2.27. The van der Waals surface area contributed by atoms with Gasteiger partial charge in [0.2, 0.25) is 5.88 Å². The average molecular weight is 267 g/mol. The molecule has 0 amide bonds. The smallest absolute Gasteiger partial charge is 0.219 e. The lowest BCUT2D eigenvalue weighted by atomic mass is 10.2. The number of aromatic nitrogens is 1. The summed E-state index contributed by atoms with van der Waals surface area (Å²) >= 11 is 5.68. The highest BCUT2D eigenvalue weighted by Gasteiger charge is 2.09. The van der Waals surface area contributed by atoms with Crippen molar-refractivity contribution in [1.29, 1.82) is 0 Å². The average Bonchev–Trinajstić information content (AvgIpc) is 2.36. The summed E-state index contributed by atoms with van der Waals surface area (Å²) in [4.78, 5) is 4.03. The van der Waals surface area contributed by atoms with Crippen LogP contribution in [0.25, 0.3) is 0 Å². The third-order valence-electron chi connectivity index (χ3n) is 2.31. The maximum absolute atomic E-state index is 13.6. The second-order valence-electron chi connectivity index (χ2n) is 3.69.